The normalized spacial score (nSPS) is 10.7. The Balaban J connectivity index is 2.45. The number of carbonyl (C=O) groups is 1. The quantitative estimate of drug-likeness (QED) is 0.690. The predicted molar refractivity (Wildman–Crippen MR) is 72.3 cm³/mol. The van der Waals surface area contributed by atoms with Gasteiger partial charge in [-0.3, -0.25) is 4.79 Å². The molecule has 0 spiro atoms. The predicted octanol–water partition coefficient (Wildman–Crippen LogP) is 2.89. The van der Waals surface area contributed by atoms with Crippen molar-refractivity contribution in [3.8, 4) is 10.6 Å². The summed E-state index contributed by atoms with van der Waals surface area (Å²) in [6.45, 7) is 4.05. The lowest BCUT2D eigenvalue weighted by molar-refractivity contribution is 0.112. The summed E-state index contributed by atoms with van der Waals surface area (Å²) in [6.07, 6.45) is 2.31. The first kappa shape index (κ1) is 12.9. The van der Waals surface area contributed by atoms with Gasteiger partial charge in [-0.1, -0.05) is 22.9 Å². The fourth-order valence-corrected chi connectivity index (χ4v) is 2.26. The second kappa shape index (κ2) is 5.41. The number of aldehydes is 1. The Morgan fingerprint density at radius 1 is 1.44 bits per heavy atom. The molecule has 0 unspecified atom stereocenters. The number of anilines is 1. The van der Waals surface area contributed by atoms with Crippen molar-refractivity contribution in [2.75, 3.05) is 5.32 Å². The van der Waals surface area contributed by atoms with E-state index in [1.54, 1.807) is 12.3 Å². The number of halogens is 1. The van der Waals surface area contributed by atoms with Gasteiger partial charge in [-0.05, 0) is 19.9 Å². The van der Waals surface area contributed by atoms with Crippen molar-refractivity contribution in [2.45, 2.75) is 19.9 Å². The molecule has 0 amide bonds. The lowest BCUT2D eigenvalue weighted by atomic mass is 10.2. The summed E-state index contributed by atoms with van der Waals surface area (Å²) in [5.41, 5.74) is 1.62. The first-order valence-corrected chi connectivity index (χ1v) is 6.50. The highest BCUT2D eigenvalue weighted by Crippen LogP contribution is 2.31. The van der Waals surface area contributed by atoms with E-state index in [4.69, 9.17) is 11.6 Å². The zero-order valence-corrected chi connectivity index (χ0v) is 11.4. The molecule has 0 aliphatic rings. The monoisotopic (exact) mass is 282 g/mol. The number of nitrogens with one attached hydrogen (secondary N) is 1. The van der Waals surface area contributed by atoms with E-state index in [1.165, 1.54) is 11.3 Å². The fraction of sp³-hybridized carbons (Fsp3) is 0.273. The van der Waals surface area contributed by atoms with Crippen LogP contribution >= 0.6 is 22.9 Å². The highest BCUT2D eigenvalue weighted by Gasteiger charge is 2.12. The summed E-state index contributed by atoms with van der Waals surface area (Å²) in [7, 11) is 0. The van der Waals surface area contributed by atoms with Crippen molar-refractivity contribution in [2.24, 2.45) is 0 Å². The molecule has 0 saturated heterocycles. The van der Waals surface area contributed by atoms with Crippen LogP contribution in [0.15, 0.2) is 12.3 Å². The van der Waals surface area contributed by atoms with E-state index in [-0.39, 0.29) is 6.04 Å². The zero-order valence-electron chi connectivity index (χ0n) is 9.85. The second-order valence-electron chi connectivity index (χ2n) is 3.91. The third kappa shape index (κ3) is 2.83. The molecule has 0 fully saturated rings. The maximum absolute atomic E-state index is 10.6. The number of nitrogens with zero attached hydrogens (tertiary/aromatic N) is 3. The van der Waals surface area contributed by atoms with Crippen LogP contribution in [0.2, 0.25) is 5.15 Å². The average molecular weight is 283 g/mol. The molecule has 0 aliphatic heterocycles. The fourth-order valence-electron chi connectivity index (χ4n) is 1.42. The molecule has 0 bridgehead atoms. The zero-order chi connectivity index (χ0) is 13.1. The Labute approximate surface area is 113 Å². The highest BCUT2D eigenvalue weighted by atomic mass is 35.5. The third-order valence-corrected chi connectivity index (χ3v) is 3.18. The number of aromatic nitrogens is 3. The van der Waals surface area contributed by atoms with Gasteiger partial charge in [0.2, 0.25) is 0 Å². The molecular formula is C11H11ClN4OS. The highest BCUT2D eigenvalue weighted by molar-refractivity contribution is 7.16. The molecule has 94 valence electrons. The van der Waals surface area contributed by atoms with Crippen molar-refractivity contribution >= 4 is 34.9 Å². The Bertz CT molecular complexity index is 570. The molecule has 0 atom stereocenters. The Morgan fingerprint density at radius 3 is 2.83 bits per heavy atom. The molecule has 5 nitrogen and oxygen atoms in total. The minimum Gasteiger partial charge on any atom is -0.382 e. The molecule has 2 rings (SSSR count). The Kier molecular flexibility index (Phi) is 3.88. The summed E-state index contributed by atoms with van der Waals surface area (Å²) in [5, 5.41) is 12.4. The number of hydrogen-bond donors (Lipinski definition) is 1. The molecule has 0 radical (unpaired) electrons. The number of rotatable bonds is 4. The number of carbonyl (C=O) groups excluding carboxylic acids is 1. The minimum atomic E-state index is 0.251. The SMILES string of the molecule is CC(C)Nc1cc(Cl)ncc1-c1nnc(C=O)s1. The van der Waals surface area contributed by atoms with Gasteiger partial charge in [0.1, 0.15) is 5.15 Å². The average Bonchev–Trinajstić information content (AvgIpc) is 2.77. The van der Waals surface area contributed by atoms with Crippen molar-refractivity contribution in [3.05, 3.63) is 22.4 Å². The van der Waals surface area contributed by atoms with Crippen LogP contribution in [0.5, 0.6) is 0 Å². The van der Waals surface area contributed by atoms with E-state index in [9.17, 15) is 4.79 Å². The summed E-state index contributed by atoms with van der Waals surface area (Å²) in [4.78, 5) is 14.7. The topological polar surface area (TPSA) is 67.8 Å². The van der Waals surface area contributed by atoms with Gasteiger partial charge in [0.15, 0.2) is 16.3 Å². The van der Waals surface area contributed by atoms with Crippen molar-refractivity contribution in [1.29, 1.82) is 0 Å². The molecule has 18 heavy (non-hydrogen) atoms. The summed E-state index contributed by atoms with van der Waals surface area (Å²) in [6, 6.07) is 1.99. The first-order valence-electron chi connectivity index (χ1n) is 5.31. The molecule has 7 heteroatoms. The van der Waals surface area contributed by atoms with Gasteiger partial charge < -0.3 is 5.32 Å². The van der Waals surface area contributed by atoms with Crippen molar-refractivity contribution < 1.29 is 4.79 Å². The lowest BCUT2D eigenvalue weighted by Gasteiger charge is -2.13. The molecule has 2 heterocycles. The van der Waals surface area contributed by atoms with Gasteiger partial charge in [-0.2, -0.15) is 0 Å². The van der Waals surface area contributed by atoms with Crippen LogP contribution in [0.3, 0.4) is 0 Å². The Morgan fingerprint density at radius 2 is 2.22 bits per heavy atom. The molecule has 1 N–H and O–H groups in total. The van der Waals surface area contributed by atoms with Gasteiger partial charge in [-0.15, -0.1) is 10.2 Å². The van der Waals surface area contributed by atoms with Gasteiger partial charge in [0.25, 0.3) is 0 Å². The standard InChI is InChI=1S/C11H11ClN4OS/c1-6(2)14-8-3-9(12)13-4-7(8)11-16-15-10(5-17)18-11/h3-6H,1-2H3,(H,13,14). The maximum Gasteiger partial charge on any atom is 0.180 e. The number of pyridine rings is 1. The second-order valence-corrected chi connectivity index (χ2v) is 5.31. The first-order chi connectivity index (χ1) is 8.60. The van der Waals surface area contributed by atoms with E-state index in [0.717, 1.165) is 11.3 Å². The van der Waals surface area contributed by atoms with Gasteiger partial charge in [0, 0.05) is 17.9 Å². The Hall–Kier alpha value is -1.53. The van der Waals surface area contributed by atoms with E-state index in [0.29, 0.717) is 21.5 Å². The summed E-state index contributed by atoms with van der Waals surface area (Å²) in [5.74, 6) is 0. The third-order valence-electron chi connectivity index (χ3n) is 2.09. The van der Waals surface area contributed by atoms with Crippen molar-refractivity contribution in [3.63, 3.8) is 0 Å². The van der Waals surface area contributed by atoms with Crippen LogP contribution in [-0.4, -0.2) is 27.5 Å². The molecular weight excluding hydrogens is 272 g/mol. The smallest absolute Gasteiger partial charge is 0.180 e. The van der Waals surface area contributed by atoms with E-state index in [1.807, 2.05) is 13.8 Å². The number of hydrogen-bond acceptors (Lipinski definition) is 6. The summed E-state index contributed by atoms with van der Waals surface area (Å²) < 4.78 is 0. The van der Waals surface area contributed by atoms with E-state index >= 15 is 0 Å². The molecule has 2 aromatic rings. The molecule has 0 saturated carbocycles. The van der Waals surface area contributed by atoms with E-state index in [2.05, 4.69) is 20.5 Å². The largest absolute Gasteiger partial charge is 0.382 e. The van der Waals surface area contributed by atoms with Crippen LogP contribution in [0, 0.1) is 0 Å². The van der Waals surface area contributed by atoms with Gasteiger partial charge in [-0.25, -0.2) is 4.98 Å². The molecule has 0 aliphatic carbocycles. The lowest BCUT2D eigenvalue weighted by Crippen LogP contribution is -2.10. The minimum absolute atomic E-state index is 0.251. The van der Waals surface area contributed by atoms with Crippen LogP contribution < -0.4 is 5.32 Å². The van der Waals surface area contributed by atoms with Crippen LogP contribution in [0.4, 0.5) is 5.69 Å². The van der Waals surface area contributed by atoms with Crippen molar-refractivity contribution in [1.82, 2.24) is 15.2 Å². The molecule has 2 aromatic heterocycles. The van der Waals surface area contributed by atoms with E-state index < -0.39 is 0 Å². The van der Waals surface area contributed by atoms with Gasteiger partial charge >= 0.3 is 0 Å². The molecule has 0 aromatic carbocycles. The van der Waals surface area contributed by atoms with Crippen LogP contribution in [-0.2, 0) is 0 Å². The van der Waals surface area contributed by atoms with Gasteiger partial charge in [0.05, 0.1) is 5.56 Å². The van der Waals surface area contributed by atoms with Crippen LogP contribution in [0.1, 0.15) is 23.6 Å². The maximum atomic E-state index is 10.6. The summed E-state index contributed by atoms with van der Waals surface area (Å²) >= 11 is 7.10. The van der Waals surface area contributed by atoms with Crippen LogP contribution in [0.25, 0.3) is 10.6 Å².